The zero-order valence-corrected chi connectivity index (χ0v) is 11.5. The molecule has 102 valence electrons. The molecule has 0 aliphatic heterocycles. The van der Waals surface area contributed by atoms with Crippen LogP contribution < -0.4 is 5.32 Å². The van der Waals surface area contributed by atoms with Gasteiger partial charge < -0.3 is 10.1 Å². The van der Waals surface area contributed by atoms with Gasteiger partial charge in [0.2, 0.25) is 0 Å². The Labute approximate surface area is 112 Å². The highest BCUT2D eigenvalue weighted by Gasteiger charge is 2.15. The van der Waals surface area contributed by atoms with E-state index in [0.29, 0.717) is 0 Å². The lowest BCUT2D eigenvalue weighted by molar-refractivity contribution is 0.0185. The summed E-state index contributed by atoms with van der Waals surface area (Å²) in [5.41, 5.74) is 1.91. The Hall–Kier alpha value is -1.95. The molecule has 0 saturated heterocycles. The fourth-order valence-electron chi connectivity index (χ4n) is 1.62. The minimum atomic E-state index is -0.0979. The maximum Gasteiger partial charge on any atom is 0.143 e. The highest BCUT2D eigenvalue weighted by Crippen LogP contribution is 2.15. The molecule has 1 heterocycles. The van der Waals surface area contributed by atoms with Crippen LogP contribution in [0.4, 0.5) is 5.69 Å². The first-order chi connectivity index (χ1) is 9.11. The Morgan fingerprint density at radius 3 is 2.58 bits per heavy atom. The van der Waals surface area contributed by atoms with Gasteiger partial charge in [-0.05, 0) is 55.0 Å². The molecular formula is C13H19N5O. The van der Waals surface area contributed by atoms with Gasteiger partial charge >= 0.3 is 0 Å². The highest BCUT2D eigenvalue weighted by molar-refractivity contribution is 5.48. The van der Waals surface area contributed by atoms with E-state index in [9.17, 15) is 0 Å². The van der Waals surface area contributed by atoms with E-state index in [4.69, 9.17) is 4.74 Å². The second-order valence-corrected chi connectivity index (χ2v) is 4.94. The van der Waals surface area contributed by atoms with E-state index < -0.39 is 0 Å². The number of methoxy groups -OCH3 is 1. The molecule has 1 aromatic carbocycles. The summed E-state index contributed by atoms with van der Waals surface area (Å²) in [7, 11) is 1.74. The number of nitrogens with zero attached hydrogens (tertiary/aromatic N) is 4. The van der Waals surface area contributed by atoms with Crippen molar-refractivity contribution < 1.29 is 4.74 Å². The number of anilines is 1. The van der Waals surface area contributed by atoms with Gasteiger partial charge in [0.05, 0.1) is 11.3 Å². The van der Waals surface area contributed by atoms with Gasteiger partial charge in [0.1, 0.15) is 6.33 Å². The largest absolute Gasteiger partial charge is 0.385 e. The van der Waals surface area contributed by atoms with Crippen molar-refractivity contribution in [2.45, 2.75) is 25.9 Å². The standard InChI is InChI=1S/C13H19N5O/c1-13(2,19-3)8-9-14-11-4-6-12(7-5-11)18-10-15-16-17-18/h4-7,10,14H,8-9H2,1-3H3. The monoisotopic (exact) mass is 261 g/mol. The van der Waals surface area contributed by atoms with Gasteiger partial charge in [-0.15, -0.1) is 5.10 Å². The normalized spacial score (nSPS) is 11.5. The van der Waals surface area contributed by atoms with Crippen LogP contribution in [-0.4, -0.2) is 39.5 Å². The van der Waals surface area contributed by atoms with Crippen molar-refractivity contribution in [1.82, 2.24) is 20.2 Å². The summed E-state index contributed by atoms with van der Waals surface area (Å²) < 4.78 is 7.00. The minimum Gasteiger partial charge on any atom is -0.385 e. The first-order valence-electron chi connectivity index (χ1n) is 6.23. The topological polar surface area (TPSA) is 64.9 Å². The molecule has 1 aromatic heterocycles. The fraction of sp³-hybridized carbons (Fsp3) is 0.462. The van der Waals surface area contributed by atoms with Crippen molar-refractivity contribution in [2.24, 2.45) is 0 Å². The second-order valence-electron chi connectivity index (χ2n) is 4.94. The fourth-order valence-corrected chi connectivity index (χ4v) is 1.62. The van der Waals surface area contributed by atoms with Crippen molar-refractivity contribution in [3.05, 3.63) is 30.6 Å². The third-order valence-corrected chi connectivity index (χ3v) is 3.09. The number of hydrogen-bond donors (Lipinski definition) is 1. The Kier molecular flexibility index (Phi) is 4.11. The first-order valence-corrected chi connectivity index (χ1v) is 6.23. The van der Waals surface area contributed by atoms with Crippen molar-refractivity contribution in [3.63, 3.8) is 0 Å². The smallest absolute Gasteiger partial charge is 0.143 e. The molecule has 0 spiro atoms. The summed E-state index contributed by atoms with van der Waals surface area (Å²) >= 11 is 0. The summed E-state index contributed by atoms with van der Waals surface area (Å²) in [6.07, 6.45) is 2.52. The van der Waals surface area contributed by atoms with Gasteiger partial charge in [0, 0.05) is 19.3 Å². The van der Waals surface area contributed by atoms with Crippen molar-refractivity contribution >= 4 is 5.69 Å². The molecule has 19 heavy (non-hydrogen) atoms. The average molecular weight is 261 g/mol. The van der Waals surface area contributed by atoms with Crippen molar-refractivity contribution in [2.75, 3.05) is 19.0 Å². The van der Waals surface area contributed by atoms with Crippen LogP contribution in [0.1, 0.15) is 20.3 Å². The van der Waals surface area contributed by atoms with Gasteiger partial charge in [-0.1, -0.05) is 0 Å². The zero-order chi connectivity index (χ0) is 13.7. The van der Waals surface area contributed by atoms with E-state index in [1.807, 2.05) is 24.3 Å². The number of aromatic nitrogens is 4. The SMILES string of the molecule is COC(C)(C)CCNc1ccc(-n2cnnn2)cc1. The maximum absolute atomic E-state index is 5.38. The van der Waals surface area contributed by atoms with E-state index in [1.165, 1.54) is 0 Å². The van der Waals surface area contributed by atoms with E-state index in [1.54, 1.807) is 18.1 Å². The average Bonchev–Trinajstić information content (AvgIpc) is 2.93. The summed E-state index contributed by atoms with van der Waals surface area (Å²) in [4.78, 5) is 0. The van der Waals surface area contributed by atoms with Crippen LogP contribution in [0.15, 0.2) is 30.6 Å². The summed E-state index contributed by atoms with van der Waals surface area (Å²) in [5, 5.41) is 14.4. The summed E-state index contributed by atoms with van der Waals surface area (Å²) in [6, 6.07) is 7.97. The second kappa shape index (κ2) is 5.79. The van der Waals surface area contributed by atoms with Crippen LogP contribution in [0.2, 0.25) is 0 Å². The molecule has 0 saturated carbocycles. The predicted molar refractivity (Wildman–Crippen MR) is 73.3 cm³/mol. The van der Waals surface area contributed by atoms with Gasteiger partial charge in [0.25, 0.3) is 0 Å². The van der Waals surface area contributed by atoms with Crippen LogP contribution in [0.5, 0.6) is 0 Å². The Morgan fingerprint density at radius 2 is 2.00 bits per heavy atom. The molecule has 6 heteroatoms. The molecule has 6 nitrogen and oxygen atoms in total. The molecule has 2 rings (SSSR count). The maximum atomic E-state index is 5.38. The molecule has 0 aliphatic carbocycles. The highest BCUT2D eigenvalue weighted by atomic mass is 16.5. The quantitative estimate of drug-likeness (QED) is 0.860. The third-order valence-electron chi connectivity index (χ3n) is 3.09. The van der Waals surface area contributed by atoms with Gasteiger partial charge in [0.15, 0.2) is 0 Å². The molecule has 2 aromatic rings. The molecule has 0 atom stereocenters. The first kappa shape index (κ1) is 13.5. The Balaban J connectivity index is 1.89. The summed E-state index contributed by atoms with van der Waals surface area (Å²) in [5.74, 6) is 0. The lowest BCUT2D eigenvalue weighted by atomic mass is 10.1. The van der Waals surface area contributed by atoms with E-state index in [-0.39, 0.29) is 5.60 Å². The van der Waals surface area contributed by atoms with Gasteiger partial charge in [-0.3, -0.25) is 0 Å². The number of tetrazole rings is 1. The summed E-state index contributed by atoms with van der Waals surface area (Å²) in [6.45, 7) is 5.02. The molecule has 1 N–H and O–H groups in total. The van der Waals surface area contributed by atoms with E-state index in [0.717, 1.165) is 24.3 Å². The van der Waals surface area contributed by atoms with Crippen LogP contribution >= 0.6 is 0 Å². The van der Waals surface area contributed by atoms with Gasteiger partial charge in [-0.25, -0.2) is 4.68 Å². The molecular weight excluding hydrogens is 242 g/mol. The van der Waals surface area contributed by atoms with E-state index >= 15 is 0 Å². The van der Waals surface area contributed by atoms with Crippen LogP contribution in [0, 0.1) is 0 Å². The minimum absolute atomic E-state index is 0.0979. The van der Waals surface area contributed by atoms with E-state index in [2.05, 4.69) is 34.7 Å². The number of nitrogens with one attached hydrogen (secondary N) is 1. The third kappa shape index (κ3) is 3.75. The van der Waals surface area contributed by atoms with Gasteiger partial charge in [-0.2, -0.15) is 0 Å². The molecule has 0 unspecified atom stereocenters. The zero-order valence-electron chi connectivity index (χ0n) is 11.5. The van der Waals surface area contributed by atoms with Crippen LogP contribution in [0.3, 0.4) is 0 Å². The Bertz CT molecular complexity index is 492. The molecule has 0 bridgehead atoms. The van der Waals surface area contributed by atoms with Crippen LogP contribution in [-0.2, 0) is 4.74 Å². The van der Waals surface area contributed by atoms with Crippen molar-refractivity contribution in [3.8, 4) is 5.69 Å². The Morgan fingerprint density at radius 1 is 1.26 bits per heavy atom. The lowest BCUT2D eigenvalue weighted by Crippen LogP contribution is -2.25. The molecule has 0 fully saturated rings. The predicted octanol–water partition coefficient (Wildman–Crippen LogP) is 1.89. The van der Waals surface area contributed by atoms with Crippen LogP contribution in [0.25, 0.3) is 5.69 Å². The lowest BCUT2D eigenvalue weighted by Gasteiger charge is -2.23. The molecule has 0 aliphatic rings. The number of rotatable bonds is 6. The van der Waals surface area contributed by atoms with Crippen molar-refractivity contribution in [1.29, 1.82) is 0 Å². The number of hydrogen-bond acceptors (Lipinski definition) is 5. The number of ether oxygens (including phenoxy) is 1. The molecule has 0 radical (unpaired) electrons. The number of benzene rings is 1. The molecule has 0 amide bonds.